The van der Waals surface area contributed by atoms with Gasteiger partial charge in [-0.3, -0.25) is 4.79 Å². The summed E-state index contributed by atoms with van der Waals surface area (Å²) < 4.78 is 0. The first-order valence-electron chi connectivity index (χ1n) is 22.4. The molecule has 0 unspecified atom stereocenters. The summed E-state index contributed by atoms with van der Waals surface area (Å²) in [6.07, 6.45) is 39.8. The summed E-state index contributed by atoms with van der Waals surface area (Å²) in [7, 11) is 2.25. The fourth-order valence-corrected chi connectivity index (χ4v) is 7.62. The zero-order valence-electron chi connectivity index (χ0n) is 34.2. The predicted molar refractivity (Wildman–Crippen MR) is 225 cm³/mol. The van der Waals surface area contributed by atoms with Gasteiger partial charge < -0.3 is 20.1 Å². The lowest BCUT2D eigenvalue weighted by Gasteiger charge is -2.24. The minimum absolute atomic E-state index is 0.161. The zero-order chi connectivity index (χ0) is 36.5. The monoisotopic (exact) mass is 709 g/mol. The van der Waals surface area contributed by atoms with E-state index in [0.717, 1.165) is 38.0 Å². The Bertz CT molecular complexity index is 1020. The van der Waals surface area contributed by atoms with Crippen molar-refractivity contribution in [2.75, 3.05) is 46.3 Å². The maximum Gasteiger partial charge on any atom is 0.220 e. The lowest BCUT2D eigenvalue weighted by atomic mass is 10.0. The van der Waals surface area contributed by atoms with E-state index in [9.17, 15) is 4.79 Å². The van der Waals surface area contributed by atoms with Gasteiger partial charge in [-0.2, -0.15) is 0 Å². The highest BCUT2D eigenvalue weighted by Crippen LogP contribution is 2.19. The second kappa shape index (κ2) is 32.8. The number of benzene rings is 1. The molecule has 51 heavy (non-hydrogen) atoms. The SMILES string of the molecule is CCCCCCCCCCCCCCN(CCCCCCCCCCCCCC)CCCN(C)CCCNC(=O)CCc1c[nH]c2ccccc12. The van der Waals surface area contributed by atoms with Crippen LogP contribution in [0, 0.1) is 0 Å². The van der Waals surface area contributed by atoms with E-state index >= 15 is 0 Å². The average Bonchev–Trinajstić information content (AvgIpc) is 3.56. The Hall–Kier alpha value is -1.85. The second-order valence-corrected chi connectivity index (χ2v) is 15.8. The highest BCUT2D eigenvalue weighted by molar-refractivity contribution is 5.84. The van der Waals surface area contributed by atoms with E-state index in [-0.39, 0.29) is 5.91 Å². The van der Waals surface area contributed by atoms with E-state index in [2.05, 4.69) is 59.2 Å². The summed E-state index contributed by atoms with van der Waals surface area (Å²) in [6, 6.07) is 8.33. The summed E-state index contributed by atoms with van der Waals surface area (Å²) in [4.78, 5) is 21.0. The van der Waals surface area contributed by atoms with Crippen molar-refractivity contribution >= 4 is 16.8 Å². The van der Waals surface area contributed by atoms with E-state index in [1.54, 1.807) is 0 Å². The molecule has 0 saturated carbocycles. The molecule has 1 aromatic heterocycles. The molecule has 1 aromatic carbocycles. The summed E-state index contributed by atoms with van der Waals surface area (Å²) in [6.45, 7) is 11.3. The Morgan fingerprint density at radius 2 is 1.02 bits per heavy atom. The van der Waals surface area contributed by atoms with Gasteiger partial charge in [0.2, 0.25) is 5.91 Å². The molecule has 5 heteroatoms. The number of nitrogens with zero attached hydrogens (tertiary/aromatic N) is 2. The van der Waals surface area contributed by atoms with Crippen LogP contribution in [-0.2, 0) is 11.2 Å². The number of carbonyl (C=O) groups excluding carboxylic acids is 1. The number of hydrogen-bond donors (Lipinski definition) is 2. The largest absolute Gasteiger partial charge is 0.361 e. The standard InChI is InChI=1S/C46H84N4O/c1-4-6-8-10-12-14-16-18-20-22-24-28-39-50(40-29-25-23-21-19-17-15-13-11-9-7-5-2)41-31-38-49(3)37-30-36-47-46(51)35-34-43-42-48-45-33-27-26-32-44(43)45/h26-27,32-33,42,48H,4-25,28-31,34-41H2,1-3H3,(H,47,51). The van der Waals surface area contributed by atoms with Gasteiger partial charge in [0.25, 0.3) is 0 Å². The summed E-state index contributed by atoms with van der Waals surface area (Å²) in [5, 5.41) is 4.38. The Morgan fingerprint density at radius 1 is 0.569 bits per heavy atom. The Kier molecular flexibility index (Phi) is 29.1. The molecule has 0 spiro atoms. The fraction of sp³-hybridized carbons (Fsp3) is 0.804. The number of unbranched alkanes of at least 4 members (excludes halogenated alkanes) is 22. The van der Waals surface area contributed by atoms with E-state index < -0.39 is 0 Å². The van der Waals surface area contributed by atoms with E-state index in [1.165, 1.54) is 191 Å². The van der Waals surface area contributed by atoms with Crippen LogP contribution in [0.2, 0.25) is 0 Å². The van der Waals surface area contributed by atoms with Crippen LogP contribution >= 0.6 is 0 Å². The topological polar surface area (TPSA) is 51.4 Å². The molecule has 0 saturated heterocycles. The molecule has 0 fully saturated rings. The van der Waals surface area contributed by atoms with Crippen LogP contribution in [0.4, 0.5) is 0 Å². The maximum atomic E-state index is 12.5. The van der Waals surface area contributed by atoms with Gasteiger partial charge in [0.1, 0.15) is 0 Å². The maximum absolute atomic E-state index is 12.5. The third-order valence-corrected chi connectivity index (χ3v) is 11.0. The molecule has 294 valence electrons. The number of H-pyrrole nitrogens is 1. The molecule has 0 bridgehead atoms. The molecule has 2 rings (SSSR count). The lowest BCUT2D eigenvalue weighted by Crippen LogP contribution is -2.32. The van der Waals surface area contributed by atoms with Crippen LogP contribution < -0.4 is 5.32 Å². The third kappa shape index (κ3) is 24.9. The predicted octanol–water partition coefficient (Wildman–Crippen LogP) is 12.6. The van der Waals surface area contributed by atoms with Crippen molar-refractivity contribution in [1.29, 1.82) is 0 Å². The van der Waals surface area contributed by atoms with Crippen molar-refractivity contribution < 1.29 is 4.79 Å². The molecule has 0 radical (unpaired) electrons. The van der Waals surface area contributed by atoms with Crippen LogP contribution in [0.5, 0.6) is 0 Å². The smallest absolute Gasteiger partial charge is 0.220 e. The number of amides is 1. The van der Waals surface area contributed by atoms with Crippen molar-refractivity contribution in [2.24, 2.45) is 0 Å². The minimum Gasteiger partial charge on any atom is -0.361 e. The molecular weight excluding hydrogens is 625 g/mol. The highest BCUT2D eigenvalue weighted by atomic mass is 16.1. The van der Waals surface area contributed by atoms with Crippen LogP contribution in [0.1, 0.15) is 193 Å². The number of rotatable bonds is 37. The van der Waals surface area contributed by atoms with Crippen LogP contribution in [0.3, 0.4) is 0 Å². The fourth-order valence-electron chi connectivity index (χ4n) is 7.62. The van der Waals surface area contributed by atoms with Crippen molar-refractivity contribution in [3.05, 3.63) is 36.0 Å². The van der Waals surface area contributed by atoms with Crippen molar-refractivity contribution in [2.45, 2.75) is 194 Å². The van der Waals surface area contributed by atoms with Crippen LogP contribution in [0.15, 0.2) is 30.5 Å². The molecule has 2 N–H and O–H groups in total. The Morgan fingerprint density at radius 3 is 1.55 bits per heavy atom. The molecule has 0 atom stereocenters. The molecule has 1 amide bonds. The lowest BCUT2D eigenvalue weighted by molar-refractivity contribution is -0.121. The summed E-state index contributed by atoms with van der Waals surface area (Å²) >= 11 is 0. The number of hydrogen-bond acceptors (Lipinski definition) is 3. The minimum atomic E-state index is 0.161. The Labute approximate surface area is 316 Å². The van der Waals surface area contributed by atoms with Crippen molar-refractivity contribution in [3.63, 3.8) is 0 Å². The summed E-state index contributed by atoms with van der Waals surface area (Å²) in [5.41, 5.74) is 2.37. The first kappa shape index (κ1) is 45.3. The first-order valence-corrected chi connectivity index (χ1v) is 22.4. The Balaban J connectivity index is 1.55. The number of para-hydroxylation sites is 1. The van der Waals surface area contributed by atoms with Gasteiger partial charge >= 0.3 is 0 Å². The van der Waals surface area contributed by atoms with Gasteiger partial charge in [0.05, 0.1) is 0 Å². The van der Waals surface area contributed by atoms with Crippen molar-refractivity contribution in [1.82, 2.24) is 20.1 Å². The van der Waals surface area contributed by atoms with Gasteiger partial charge in [-0.1, -0.05) is 173 Å². The number of carbonyl (C=O) groups is 1. The highest BCUT2D eigenvalue weighted by Gasteiger charge is 2.09. The number of aromatic amines is 1. The summed E-state index contributed by atoms with van der Waals surface area (Å²) in [5.74, 6) is 0.161. The van der Waals surface area contributed by atoms with E-state index in [4.69, 9.17) is 0 Å². The van der Waals surface area contributed by atoms with E-state index in [1.807, 2.05) is 12.3 Å². The van der Waals surface area contributed by atoms with Gasteiger partial charge in [-0.05, 0) is 83.5 Å². The van der Waals surface area contributed by atoms with Gasteiger partial charge in [-0.15, -0.1) is 0 Å². The molecule has 0 aliphatic rings. The normalized spacial score (nSPS) is 11.8. The molecule has 0 aliphatic carbocycles. The molecule has 5 nitrogen and oxygen atoms in total. The van der Waals surface area contributed by atoms with Gasteiger partial charge in [0.15, 0.2) is 0 Å². The number of aromatic nitrogens is 1. The first-order chi connectivity index (χ1) is 25.1. The van der Waals surface area contributed by atoms with Gasteiger partial charge in [-0.25, -0.2) is 0 Å². The molecule has 1 heterocycles. The average molecular weight is 709 g/mol. The number of fused-ring (bicyclic) bond motifs is 1. The molecular formula is C46H84N4O. The number of nitrogens with one attached hydrogen (secondary N) is 2. The molecule has 2 aromatic rings. The number of aryl methyl sites for hydroxylation is 1. The third-order valence-electron chi connectivity index (χ3n) is 11.0. The van der Waals surface area contributed by atoms with Crippen molar-refractivity contribution in [3.8, 4) is 0 Å². The quantitative estimate of drug-likeness (QED) is 0.0687. The second-order valence-electron chi connectivity index (χ2n) is 15.8. The molecule has 0 aliphatic heterocycles. The van der Waals surface area contributed by atoms with E-state index in [0.29, 0.717) is 6.42 Å². The zero-order valence-corrected chi connectivity index (χ0v) is 34.2. The van der Waals surface area contributed by atoms with Crippen LogP contribution in [0.25, 0.3) is 10.9 Å². The van der Waals surface area contributed by atoms with Crippen LogP contribution in [-0.4, -0.2) is 67.0 Å². The van der Waals surface area contributed by atoms with Gasteiger partial charge in [0, 0.05) is 30.1 Å².